The topological polar surface area (TPSA) is 54.5 Å². The highest BCUT2D eigenvalue weighted by molar-refractivity contribution is 8.01. The Balaban J connectivity index is 2.02. The molecule has 0 aromatic heterocycles. The number of rotatable bonds is 6. The molecule has 3 rings (SSSR count). The smallest absolute Gasteiger partial charge is 0.303 e. The van der Waals surface area contributed by atoms with Crippen LogP contribution in [0.3, 0.4) is 0 Å². The van der Waals surface area contributed by atoms with Gasteiger partial charge in [-0.05, 0) is 36.2 Å². The first-order chi connectivity index (χ1) is 13.6. The molecule has 156 valence electrons. The van der Waals surface area contributed by atoms with Gasteiger partial charge in [-0.25, -0.2) is 12.8 Å². The summed E-state index contributed by atoms with van der Waals surface area (Å²) in [4.78, 5) is 12.5. The molecule has 2 aromatic rings. The molecule has 0 aliphatic carbocycles. The maximum absolute atomic E-state index is 13.6. The molecule has 2 unspecified atom stereocenters. The van der Waals surface area contributed by atoms with Gasteiger partial charge in [0.25, 0.3) is 0 Å². The Hall–Kier alpha value is -1.91. The molecular weight excluding hydrogens is 430 g/mol. The first-order valence-electron chi connectivity index (χ1n) is 8.64. The summed E-state index contributed by atoms with van der Waals surface area (Å²) >= 11 is 1.17. The van der Waals surface area contributed by atoms with Crippen LogP contribution in [0, 0.1) is 5.82 Å². The number of carbonyl (C=O) groups excluding carboxylic acids is 1. The lowest BCUT2D eigenvalue weighted by atomic mass is 10.0. The molecule has 2 aromatic carbocycles. The maximum Gasteiger partial charge on any atom is 0.419 e. The third-order valence-electron chi connectivity index (χ3n) is 4.66. The molecule has 4 nitrogen and oxygen atoms in total. The Morgan fingerprint density at radius 2 is 1.86 bits per heavy atom. The van der Waals surface area contributed by atoms with Crippen LogP contribution in [-0.2, 0) is 27.5 Å². The summed E-state index contributed by atoms with van der Waals surface area (Å²) < 4.78 is 79.3. The Kier molecular flexibility index (Phi) is 6.07. The summed E-state index contributed by atoms with van der Waals surface area (Å²) in [6.45, 7) is 1.01. The zero-order valence-corrected chi connectivity index (χ0v) is 16.8. The second kappa shape index (κ2) is 8.08. The fourth-order valence-corrected chi connectivity index (χ4v) is 6.13. The first-order valence-corrected chi connectivity index (χ1v) is 11.1. The van der Waals surface area contributed by atoms with Gasteiger partial charge in [0.1, 0.15) is 12.1 Å². The molecule has 0 amide bonds. The van der Waals surface area contributed by atoms with Gasteiger partial charge in [-0.3, -0.25) is 0 Å². The summed E-state index contributed by atoms with van der Waals surface area (Å²) in [5, 5.41) is -0.839. The van der Waals surface area contributed by atoms with Crippen LogP contribution >= 0.6 is 11.8 Å². The van der Waals surface area contributed by atoms with Crippen molar-refractivity contribution >= 4 is 28.1 Å². The molecule has 10 heteroatoms. The number of sulfonamides is 1. The fraction of sp³-hybridized carbons (Fsp3) is 0.316. The van der Waals surface area contributed by atoms with Crippen LogP contribution in [0.2, 0.25) is 0 Å². The van der Waals surface area contributed by atoms with Crippen molar-refractivity contribution in [3.63, 3.8) is 0 Å². The third kappa shape index (κ3) is 4.34. The van der Waals surface area contributed by atoms with Gasteiger partial charge in [-0.15, -0.1) is 11.8 Å². The van der Waals surface area contributed by atoms with Gasteiger partial charge in [-0.1, -0.05) is 24.3 Å². The number of carbonyl (C=O) groups is 1. The molecule has 0 radical (unpaired) electrons. The average molecular weight is 447 g/mol. The summed E-state index contributed by atoms with van der Waals surface area (Å²) in [6.07, 6.45) is -4.26. The molecular formula is C19H17F4NO3S2. The largest absolute Gasteiger partial charge is 0.419 e. The zero-order valence-electron chi connectivity index (χ0n) is 15.2. The fourth-order valence-electron chi connectivity index (χ4n) is 3.18. The molecule has 1 aliphatic heterocycles. The van der Waals surface area contributed by atoms with Gasteiger partial charge in [-0.2, -0.15) is 17.5 Å². The Morgan fingerprint density at radius 1 is 1.17 bits per heavy atom. The molecule has 2 atom stereocenters. The molecule has 1 aliphatic rings. The number of alkyl halides is 3. The number of hydrogen-bond acceptors (Lipinski definition) is 4. The number of fused-ring (bicyclic) bond motifs is 1. The molecule has 0 saturated carbocycles. The highest BCUT2D eigenvalue weighted by atomic mass is 32.2. The zero-order chi connectivity index (χ0) is 21.4. The quantitative estimate of drug-likeness (QED) is 0.486. The van der Waals surface area contributed by atoms with Gasteiger partial charge in [0.15, 0.2) is 0 Å². The lowest BCUT2D eigenvalue weighted by Gasteiger charge is -2.29. The van der Waals surface area contributed by atoms with Crippen molar-refractivity contribution in [2.45, 2.75) is 35.8 Å². The highest BCUT2D eigenvalue weighted by Crippen LogP contribution is 2.47. The van der Waals surface area contributed by atoms with E-state index in [1.54, 1.807) is 24.3 Å². The molecule has 0 spiro atoms. The first kappa shape index (κ1) is 21.8. The summed E-state index contributed by atoms with van der Waals surface area (Å²) in [5.74, 6) is -2.49. The van der Waals surface area contributed by atoms with Crippen molar-refractivity contribution in [2.75, 3.05) is 5.75 Å². The summed E-state index contributed by atoms with van der Waals surface area (Å²) in [7, 11) is -3.88. The molecule has 0 saturated heterocycles. The maximum atomic E-state index is 13.6. The van der Waals surface area contributed by atoms with Crippen LogP contribution < -0.4 is 0 Å². The van der Waals surface area contributed by atoms with Crippen molar-refractivity contribution in [1.82, 2.24) is 4.31 Å². The van der Waals surface area contributed by atoms with E-state index in [1.807, 2.05) is 0 Å². The van der Waals surface area contributed by atoms with E-state index in [4.69, 9.17) is 0 Å². The molecule has 0 bridgehead atoms. The second-order valence-electron chi connectivity index (χ2n) is 6.47. The van der Waals surface area contributed by atoms with E-state index in [9.17, 15) is 30.8 Å². The number of benzene rings is 2. The van der Waals surface area contributed by atoms with E-state index >= 15 is 0 Å². The Morgan fingerprint density at radius 3 is 2.48 bits per heavy atom. The number of aldehydes is 1. The van der Waals surface area contributed by atoms with Crippen molar-refractivity contribution < 1.29 is 30.8 Å². The molecule has 0 N–H and O–H groups in total. The van der Waals surface area contributed by atoms with E-state index in [-0.39, 0.29) is 11.3 Å². The van der Waals surface area contributed by atoms with Gasteiger partial charge in [0.2, 0.25) is 10.0 Å². The van der Waals surface area contributed by atoms with Gasteiger partial charge in [0, 0.05) is 11.4 Å². The SMILES string of the molecule is CCS(=O)(=O)N(Cc1ccc(F)c(C(F)(F)F)c1)C1Sc2ccccc2C1C=O. The predicted octanol–water partition coefficient (Wildman–Crippen LogP) is 4.41. The van der Waals surface area contributed by atoms with Crippen LogP contribution in [0.1, 0.15) is 29.5 Å². The van der Waals surface area contributed by atoms with E-state index < -0.39 is 45.4 Å². The van der Waals surface area contributed by atoms with Gasteiger partial charge in [0.05, 0.1) is 22.6 Å². The van der Waals surface area contributed by atoms with Crippen LogP contribution in [0.25, 0.3) is 0 Å². The van der Waals surface area contributed by atoms with Crippen LogP contribution in [-0.4, -0.2) is 30.1 Å². The predicted molar refractivity (Wildman–Crippen MR) is 101 cm³/mol. The number of thioether (sulfide) groups is 1. The molecule has 1 heterocycles. The minimum atomic E-state index is -4.90. The summed E-state index contributed by atoms with van der Waals surface area (Å²) in [5.41, 5.74) is -0.806. The van der Waals surface area contributed by atoms with Crippen LogP contribution in [0.5, 0.6) is 0 Å². The minimum Gasteiger partial charge on any atom is -0.303 e. The van der Waals surface area contributed by atoms with Crippen molar-refractivity contribution in [1.29, 1.82) is 0 Å². The van der Waals surface area contributed by atoms with E-state index in [0.717, 1.165) is 15.3 Å². The van der Waals surface area contributed by atoms with Crippen LogP contribution in [0.4, 0.5) is 17.6 Å². The standard InChI is InChI=1S/C19H17F4NO3S2/c1-2-29(26,27)24(10-12-7-8-16(20)15(9-12)19(21,22)23)18-14(11-25)13-5-3-4-6-17(13)28-18/h3-9,11,14,18H,2,10H2,1H3. The van der Waals surface area contributed by atoms with Crippen LogP contribution in [0.15, 0.2) is 47.4 Å². The van der Waals surface area contributed by atoms with E-state index in [1.165, 1.54) is 18.7 Å². The molecule has 29 heavy (non-hydrogen) atoms. The lowest BCUT2D eigenvalue weighted by molar-refractivity contribution is -0.140. The highest BCUT2D eigenvalue weighted by Gasteiger charge is 2.42. The van der Waals surface area contributed by atoms with Crippen molar-refractivity contribution in [3.8, 4) is 0 Å². The Labute approximate surface area is 170 Å². The Bertz CT molecular complexity index is 1020. The number of nitrogens with zero attached hydrogens (tertiary/aromatic N) is 1. The number of halogens is 4. The number of hydrogen-bond donors (Lipinski definition) is 0. The lowest BCUT2D eigenvalue weighted by Crippen LogP contribution is -2.41. The van der Waals surface area contributed by atoms with Gasteiger partial charge < -0.3 is 4.79 Å². The minimum absolute atomic E-state index is 0.0167. The summed E-state index contributed by atoms with van der Waals surface area (Å²) in [6, 6.07) is 9.35. The second-order valence-corrected chi connectivity index (χ2v) is 9.83. The van der Waals surface area contributed by atoms with E-state index in [2.05, 4.69) is 0 Å². The van der Waals surface area contributed by atoms with E-state index in [0.29, 0.717) is 24.0 Å². The van der Waals surface area contributed by atoms with Gasteiger partial charge >= 0.3 is 6.18 Å². The average Bonchev–Trinajstić information content (AvgIpc) is 3.04. The van der Waals surface area contributed by atoms with Crippen molar-refractivity contribution in [2.24, 2.45) is 0 Å². The van der Waals surface area contributed by atoms with Crippen molar-refractivity contribution in [3.05, 3.63) is 65.0 Å². The third-order valence-corrected chi connectivity index (χ3v) is 8.01. The monoisotopic (exact) mass is 447 g/mol. The normalized spacial score (nSPS) is 19.4. The molecule has 0 fully saturated rings.